The summed E-state index contributed by atoms with van der Waals surface area (Å²) in [6, 6.07) is 19.5. The van der Waals surface area contributed by atoms with E-state index in [1.807, 2.05) is 60.7 Å². The lowest BCUT2D eigenvalue weighted by Crippen LogP contribution is -2.32. The van der Waals surface area contributed by atoms with Gasteiger partial charge in [-0.25, -0.2) is 9.59 Å². The lowest BCUT2D eigenvalue weighted by molar-refractivity contribution is -0.140. The standard InChI is InChI=1S/C27H27BrN2O4/c1-18-23(26(31)33-15-7-11-20-9-4-3-5-10-20)25(21-12-6-13-22(28)17-21)24(19(2)30-18)27(32)34-16-8-14-29/h3-6,9-10,12-13,17,25,30H,7-8,11,15-16H2,1-2H3. The number of hydrogen-bond acceptors (Lipinski definition) is 6. The van der Waals surface area contributed by atoms with Crippen LogP contribution in [0.15, 0.2) is 81.6 Å². The van der Waals surface area contributed by atoms with E-state index in [1.165, 1.54) is 5.56 Å². The number of esters is 2. The maximum Gasteiger partial charge on any atom is 0.336 e. The molecular formula is C27H27BrN2O4. The number of nitrogens with one attached hydrogen (secondary N) is 1. The fraction of sp³-hybridized carbons (Fsp3) is 0.296. The third-order valence-electron chi connectivity index (χ3n) is 5.51. The van der Waals surface area contributed by atoms with E-state index >= 15 is 0 Å². The lowest BCUT2D eigenvalue weighted by atomic mass is 9.80. The summed E-state index contributed by atoms with van der Waals surface area (Å²) < 4.78 is 11.8. The molecule has 1 aliphatic rings. The average molecular weight is 523 g/mol. The van der Waals surface area contributed by atoms with Crippen molar-refractivity contribution in [3.05, 3.63) is 92.7 Å². The van der Waals surface area contributed by atoms with Gasteiger partial charge in [0.15, 0.2) is 0 Å². The highest BCUT2D eigenvalue weighted by atomic mass is 79.9. The van der Waals surface area contributed by atoms with Crippen LogP contribution >= 0.6 is 15.9 Å². The van der Waals surface area contributed by atoms with Crippen LogP contribution in [0.5, 0.6) is 0 Å². The molecule has 2 aromatic carbocycles. The third kappa shape index (κ3) is 6.36. The largest absolute Gasteiger partial charge is 0.462 e. The second kappa shape index (κ2) is 12.2. The van der Waals surface area contributed by atoms with Gasteiger partial charge in [0.2, 0.25) is 0 Å². The Morgan fingerprint density at radius 1 is 0.971 bits per heavy atom. The number of aryl methyl sites for hydroxylation is 1. The first kappa shape index (κ1) is 25.3. The monoisotopic (exact) mass is 522 g/mol. The van der Waals surface area contributed by atoms with Crippen molar-refractivity contribution in [1.82, 2.24) is 5.32 Å². The van der Waals surface area contributed by atoms with E-state index in [1.54, 1.807) is 13.8 Å². The van der Waals surface area contributed by atoms with Crippen LogP contribution in [0.3, 0.4) is 0 Å². The molecule has 1 atom stereocenters. The molecule has 0 amide bonds. The van der Waals surface area contributed by atoms with E-state index in [4.69, 9.17) is 14.7 Å². The second-order valence-electron chi connectivity index (χ2n) is 7.96. The highest BCUT2D eigenvalue weighted by Gasteiger charge is 2.38. The van der Waals surface area contributed by atoms with Crippen molar-refractivity contribution in [3.63, 3.8) is 0 Å². The maximum atomic E-state index is 13.3. The number of halogens is 1. The number of nitriles is 1. The first-order chi connectivity index (χ1) is 16.4. The number of carbonyl (C=O) groups excluding carboxylic acids is 2. The number of dihydropyridines is 1. The summed E-state index contributed by atoms with van der Waals surface area (Å²) in [4.78, 5) is 26.3. The van der Waals surface area contributed by atoms with Gasteiger partial charge in [-0.15, -0.1) is 0 Å². The van der Waals surface area contributed by atoms with Crippen LogP contribution in [0.4, 0.5) is 0 Å². The molecule has 0 saturated carbocycles. The van der Waals surface area contributed by atoms with Gasteiger partial charge < -0.3 is 14.8 Å². The molecule has 0 bridgehead atoms. The van der Waals surface area contributed by atoms with Gasteiger partial charge in [0.1, 0.15) is 6.61 Å². The molecule has 7 heteroatoms. The topological polar surface area (TPSA) is 88.4 Å². The molecule has 1 heterocycles. The highest BCUT2D eigenvalue weighted by Crippen LogP contribution is 2.40. The van der Waals surface area contributed by atoms with E-state index in [2.05, 4.69) is 21.2 Å². The lowest BCUT2D eigenvalue weighted by Gasteiger charge is -2.30. The van der Waals surface area contributed by atoms with Crippen molar-refractivity contribution < 1.29 is 19.1 Å². The van der Waals surface area contributed by atoms with E-state index in [0.717, 1.165) is 16.5 Å². The summed E-state index contributed by atoms with van der Waals surface area (Å²) in [5.41, 5.74) is 3.88. The van der Waals surface area contributed by atoms with Gasteiger partial charge in [-0.2, -0.15) is 5.26 Å². The summed E-state index contributed by atoms with van der Waals surface area (Å²) in [5.74, 6) is -1.69. The molecule has 0 radical (unpaired) electrons. The van der Waals surface area contributed by atoms with Crippen molar-refractivity contribution >= 4 is 27.9 Å². The van der Waals surface area contributed by atoms with Crippen molar-refractivity contribution in [2.45, 2.75) is 39.0 Å². The van der Waals surface area contributed by atoms with Crippen molar-refractivity contribution in [3.8, 4) is 6.07 Å². The minimum Gasteiger partial charge on any atom is -0.462 e. The Labute approximate surface area is 208 Å². The number of benzene rings is 2. The average Bonchev–Trinajstić information content (AvgIpc) is 2.82. The van der Waals surface area contributed by atoms with Crippen LogP contribution in [0.1, 0.15) is 43.7 Å². The molecule has 2 aromatic rings. The van der Waals surface area contributed by atoms with Gasteiger partial charge >= 0.3 is 11.9 Å². The molecule has 0 aromatic heterocycles. The van der Waals surface area contributed by atoms with E-state index in [0.29, 0.717) is 29.0 Å². The van der Waals surface area contributed by atoms with Gasteiger partial charge in [-0.1, -0.05) is 58.4 Å². The maximum absolute atomic E-state index is 13.3. The van der Waals surface area contributed by atoms with E-state index < -0.39 is 17.9 Å². The fourth-order valence-corrected chi connectivity index (χ4v) is 4.40. The van der Waals surface area contributed by atoms with Crippen LogP contribution in [0.2, 0.25) is 0 Å². The Morgan fingerprint density at radius 3 is 2.24 bits per heavy atom. The van der Waals surface area contributed by atoms with Gasteiger partial charge in [0, 0.05) is 15.9 Å². The molecule has 0 aliphatic carbocycles. The minimum absolute atomic E-state index is 0.0146. The smallest absolute Gasteiger partial charge is 0.336 e. The number of carbonyl (C=O) groups is 2. The molecule has 0 spiro atoms. The number of allylic oxidation sites excluding steroid dienone is 2. The van der Waals surface area contributed by atoms with E-state index in [-0.39, 0.29) is 19.6 Å². The Hall–Kier alpha value is -3.37. The molecule has 1 aliphatic heterocycles. The van der Waals surface area contributed by atoms with Crippen molar-refractivity contribution in [2.75, 3.05) is 13.2 Å². The summed E-state index contributed by atoms with van der Waals surface area (Å²) in [6.07, 6.45) is 1.59. The van der Waals surface area contributed by atoms with Gasteiger partial charge in [-0.3, -0.25) is 0 Å². The summed E-state index contributed by atoms with van der Waals surface area (Å²) >= 11 is 3.48. The predicted octanol–water partition coefficient (Wildman–Crippen LogP) is 5.32. The van der Waals surface area contributed by atoms with Gasteiger partial charge in [-0.05, 0) is 49.9 Å². The van der Waals surface area contributed by atoms with Gasteiger partial charge in [0.25, 0.3) is 0 Å². The SMILES string of the molecule is CC1=C(C(=O)OCCC#N)C(c2cccc(Br)c2)C(C(=O)OCCCc2ccccc2)=C(C)N1. The highest BCUT2D eigenvalue weighted by molar-refractivity contribution is 9.10. The van der Waals surface area contributed by atoms with Crippen LogP contribution in [-0.4, -0.2) is 25.2 Å². The van der Waals surface area contributed by atoms with Crippen LogP contribution in [-0.2, 0) is 25.5 Å². The van der Waals surface area contributed by atoms with Gasteiger partial charge in [0.05, 0.1) is 36.2 Å². The normalized spacial score (nSPS) is 15.4. The Kier molecular flexibility index (Phi) is 9.06. The summed E-state index contributed by atoms with van der Waals surface area (Å²) in [6.45, 7) is 3.82. The molecule has 6 nitrogen and oxygen atoms in total. The molecule has 1 unspecified atom stereocenters. The second-order valence-corrected chi connectivity index (χ2v) is 8.88. The zero-order valence-corrected chi connectivity index (χ0v) is 20.9. The number of nitrogens with zero attached hydrogens (tertiary/aromatic N) is 1. The van der Waals surface area contributed by atoms with Crippen LogP contribution in [0.25, 0.3) is 0 Å². The van der Waals surface area contributed by atoms with Crippen molar-refractivity contribution in [2.24, 2.45) is 0 Å². The third-order valence-corrected chi connectivity index (χ3v) is 6.01. The number of hydrogen-bond donors (Lipinski definition) is 1. The number of rotatable bonds is 9. The Balaban J connectivity index is 1.84. The summed E-state index contributed by atoms with van der Waals surface area (Å²) in [5, 5.41) is 11.9. The fourth-order valence-electron chi connectivity index (χ4n) is 3.99. The van der Waals surface area contributed by atoms with Crippen LogP contribution in [0, 0.1) is 11.3 Å². The Morgan fingerprint density at radius 2 is 1.62 bits per heavy atom. The zero-order chi connectivity index (χ0) is 24.5. The molecule has 176 valence electrons. The molecule has 0 fully saturated rings. The minimum atomic E-state index is -0.657. The molecular weight excluding hydrogens is 496 g/mol. The molecule has 3 rings (SSSR count). The quantitative estimate of drug-likeness (QED) is 0.354. The number of ether oxygens (including phenoxy) is 2. The zero-order valence-electron chi connectivity index (χ0n) is 19.3. The first-order valence-corrected chi connectivity index (χ1v) is 11.9. The van der Waals surface area contributed by atoms with Crippen LogP contribution < -0.4 is 5.32 Å². The predicted molar refractivity (Wildman–Crippen MR) is 132 cm³/mol. The Bertz CT molecular complexity index is 1150. The first-order valence-electron chi connectivity index (χ1n) is 11.1. The van der Waals surface area contributed by atoms with E-state index in [9.17, 15) is 9.59 Å². The molecule has 34 heavy (non-hydrogen) atoms. The summed E-state index contributed by atoms with van der Waals surface area (Å²) in [7, 11) is 0. The molecule has 1 N–H and O–H groups in total. The van der Waals surface area contributed by atoms with Crippen molar-refractivity contribution in [1.29, 1.82) is 5.26 Å². The molecule has 0 saturated heterocycles.